The molecule has 1 aromatic carbocycles. The molecule has 2 aliphatic rings. The molecule has 1 aliphatic carbocycles. The number of nitrogens with one attached hydrogen (secondary N) is 3. The molecule has 1 aliphatic heterocycles. The van der Waals surface area contributed by atoms with E-state index in [0.717, 1.165) is 31.0 Å². The predicted octanol–water partition coefficient (Wildman–Crippen LogP) is 3.98. The minimum absolute atomic E-state index is 0.0614. The lowest BCUT2D eigenvalue weighted by molar-refractivity contribution is -0.111. The fourth-order valence-corrected chi connectivity index (χ4v) is 6.10. The molecule has 1 fully saturated rings. The van der Waals surface area contributed by atoms with Gasteiger partial charge in [-0.15, -0.1) is 10.2 Å². The normalized spacial score (nSPS) is 19.1. The Hall–Kier alpha value is -5.21. The van der Waals surface area contributed by atoms with E-state index in [1.54, 1.807) is 30.4 Å². The smallest absolute Gasteiger partial charge is 0.321 e. The molecule has 1 saturated heterocycles. The van der Waals surface area contributed by atoms with E-state index < -0.39 is 29.0 Å². The van der Waals surface area contributed by atoms with Crippen LogP contribution >= 0.6 is 0 Å². The molecule has 4 aromatic rings. The van der Waals surface area contributed by atoms with E-state index in [1.807, 2.05) is 55.6 Å². The van der Waals surface area contributed by atoms with Gasteiger partial charge in [-0.25, -0.2) is 14.8 Å². The molecule has 268 valence electrons. The number of benzene rings is 1. The minimum atomic E-state index is -1.50. The van der Waals surface area contributed by atoms with Crippen LogP contribution in [0.15, 0.2) is 60.8 Å². The van der Waals surface area contributed by atoms with Crippen LogP contribution in [0.25, 0.3) is 5.65 Å². The van der Waals surface area contributed by atoms with Crippen LogP contribution in [0, 0.1) is 5.92 Å². The number of fused-ring (bicyclic) bond motifs is 2. The molecule has 14 nitrogen and oxygen atoms in total. The Morgan fingerprint density at radius 3 is 2.63 bits per heavy atom. The Kier molecular flexibility index (Phi) is 10.4. The number of carbonyl (C=O) groups excluding carboxylic acids is 3. The fourth-order valence-electron chi connectivity index (χ4n) is 6.10. The number of anilines is 1. The highest BCUT2D eigenvalue weighted by Crippen LogP contribution is 2.37. The maximum Gasteiger partial charge on any atom is 0.321 e. The quantitative estimate of drug-likeness (QED) is 0.154. The van der Waals surface area contributed by atoms with Crippen molar-refractivity contribution in [1.82, 2.24) is 40.1 Å². The number of hydrogen-bond donors (Lipinski definition) is 3. The maximum atomic E-state index is 13.6. The molecule has 0 saturated carbocycles. The number of amides is 3. The fraction of sp³-hybridized carbons (Fsp3) is 0.432. The van der Waals surface area contributed by atoms with Gasteiger partial charge in [0.2, 0.25) is 5.82 Å². The van der Waals surface area contributed by atoms with Crippen LogP contribution in [0.1, 0.15) is 74.0 Å². The highest BCUT2D eigenvalue weighted by molar-refractivity contribution is 5.94. The summed E-state index contributed by atoms with van der Waals surface area (Å²) in [5.41, 5.74) is 0.627. The third-order valence-corrected chi connectivity index (χ3v) is 8.81. The lowest BCUT2D eigenvalue weighted by Gasteiger charge is -2.34. The van der Waals surface area contributed by atoms with E-state index in [9.17, 15) is 14.4 Å². The second kappa shape index (κ2) is 15.0. The van der Waals surface area contributed by atoms with Crippen LogP contribution < -0.4 is 20.7 Å². The number of rotatable bonds is 11. The van der Waals surface area contributed by atoms with E-state index in [0.29, 0.717) is 61.1 Å². The van der Waals surface area contributed by atoms with Gasteiger partial charge in [0.05, 0.1) is 25.1 Å². The molecule has 0 bridgehead atoms. The zero-order valence-electron chi connectivity index (χ0n) is 29.7. The van der Waals surface area contributed by atoms with E-state index in [1.165, 1.54) is 0 Å². The number of ether oxygens (including phenoxy) is 2. The Morgan fingerprint density at radius 1 is 1.10 bits per heavy atom. The van der Waals surface area contributed by atoms with Crippen LogP contribution in [0.2, 0.25) is 0 Å². The van der Waals surface area contributed by atoms with E-state index in [-0.39, 0.29) is 11.6 Å². The SMILES string of the molecule is CC(C)Cc1nnc2ccc(O[C@@H]3C=C[C@](C=O)(NC(=O)Nc4cc(C(C)(C)C)nc(C(=O)NCCN5CCOCC5)n4)c4ccccc43)cn12. The number of carbonyl (C=O) groups is 3. The maximum absolute atomic E-state index is 13.6. The molecule has 2 atom stereocenters. The highest BCUT2D eigenvalue weighted by Gasteiger charge is 2.38. The van der Waals surface area contributed by atoms with Gasteiger partial charge in [0.15, 0.2) is 11.9 Å². The van der Waals surface area contributed by atoms with Gasteiger partial charge in [-0.3, -0.25) is 24.2 Å². The summed E-state index contributed by atoms with van der Waals surface area (Å²) in [6, 6.07) is 11.9. The minimum Gasteiger partial charge on any atom is -0.480 e. The molecule has 6 rings (SSSR count). The topological polar surface area (TPSA) is 165 Å². The van der Waals surface area contributed by atoms with Gasteiger partial charge in [0, 0.05) is 49.6 Å². The monoisotopic (exact) mass is 695 g/mol. The largest absolute Gasteiger partial charge is 0.480 e. The van der Waals surface area contributed by atoms with Crippen LogP contribution in [-0.4, -0.2) is 87.1 Å². The molecule has 3 aromatic heterocycles. The highest BCUT2D eigenvalue weighted by atomic mass is 16.5. The van der Waals surface area contributed by atoms with Crippen molar-refractivity contribution in [2.24, 2.45) is 5.92 Å². The predicted molar refractivity (Wildman–Crippen MR) is 191 cm³/mol. The number of aldehydes is 1. The Morgan fingerprint density at radius 2 is 1.88 bits per heavy atom. The van der Waals surface area contributed by atoms with Gasteiger partial charge in [-0.05, 0) is 35.8 Å². The van der Waals surface area contributed by atoms with E-state index >= 15 is 0 Å². The third-order valence-electron chi connectivity index (χ3n) is 8.81. The van der Waals surface area contributed by atoms with Crippen LogP contribution in [0.3, 0.4) is 0 Å². The zero-order chi connectivity index (χ0) is 36.2. The molecule has 14 heteroatoms. The Labute approximate surface area is 297 Å². The summed E-state index contributed by atoms with van der Waals surface area (Å²) >= 11 is 0. The lowest BCUT2D eigenvalue weighted by Crippen LogP contribution is -2.49. The molecular weight excluding hydrogens is 650 g/mol. The van der Waals surface area contributed by atoms with Crippen molar-refractivity contribution in [3.8, 4) is 5.75 Å². The van der Waals surface area contributed by atoms with Crippen molar-refractivity contribution < 1.29 is 23.9 Å². The number of pyridine rings is 1. The second-order valence-corrected chi connectivity index (χ2v) is 14.3. The average Bonchev–Trinajstić information content (AvgIpc) is 3.50. The molecule has 51 heavy (non-hydrogen) atoms. The van der Waals surface area contributed by atoms with Crippen molar-refractivity contribution in [2.45, 2.75) is 58.1 Å². The molecule has 0 unspecified atom stereocenters. The summed E-state index contributed by atoms with van der Waals surface area (Å²) in [5, 5.41) is 17.1. The molecular formula is C37H45N9O5. The number of aromatic nitrogens is 5. The molecule has 4 heterocycles. The lowest BCUT2D eigenvalue weighted by atomic mass is 9.81. The van der Waals surface area contributed by atoms with Crippen molar-refractivity contribution >= 4 is 29.7 Å². The average molecular weight is 696 g/mol. The third kappa shape index (κ3) is 8.24. The van der Waals surface area contributed by atoms with Crippen molar-refractivity contribution in [3.63, 3.8) is 0 Å². The van der Waals surface area contributed by atoms with Gasteiger partial charge < -0.3 is 20.1 Å². The van der Waals surface area contributed by atoms with Crippen molar-refractivity contribution in [1.29, 1.82) is 0 Å². The Balaban J connectivity index is 1.19. The first-order valence-corrected chi connectivity index (χ1v) is 17.3. The summed E-state index contributed by atoms with van der Waals surface area (Å²) in [6.07, 6.45) is 6.16. The Bertz CT molecular complexity index is 1930. The van der Waals surface area contributed by atoms with Gasteiger partial charge in [0.25, 0.3) is 5.91 Å². The number of morpholine rings is 1. The van der Waals surface area contributed by atoms with Gasteiger partial charge >= 0.3 is 6.03 Å². The van der Waals surface area contributed by atoms with Crippen LogP contribution in [0.5, 0.6) is 5.75 Å². The summed E-state index contributed by atoms with van der Waals surface area (Å²) in [6.45, 7) is 14.2. The van der Waals surface area contributed by atoms with Crippen molar-refractivity contribution in [2.75, 3.05) is 44.7 Å². The summed E-state index contributed by atoms with van der Waals surface area (Å²) in [5.74, 6) is 1.46. The first-order chi connectivity index (χ1) is 24.4. The molecule has 3 N–H and O–H groups in total. The summed E-state index contributed by atoms with van der Waals surface area (Å²) in [7, 11) is 0. The molecule has 0 spiro atoms. The van der Waals surface area contributed by atoms with Gasteiger partial charge in [-0.1, -0.05) is 58.9 Å². The second-order valence-electron chi connectivity index (χ2n) is 14.3. The first-order valence-electron chi connectivity index (χ1n) is 17.3. The zero-order valence-corrected chi connectivity index (χ0v) is 29.7. The number of hydrogen-bond acceptors (Lipinski definition) is 10. The molecule has 3 amide bonds. The standard InChI is InChI=1S/C37H45N9O5/c1-24(2)20-32-44-43-31-11-10-25(22-46(31)32)51-28-12-13-37(23-47,27-9-7-6-8-26(27)28)42-35(49)41-30-21-29(36(3,4)5)39-33(40-30)34(48)38-14-15-45-16-18-50-19-17-45/h6-13,21-24,28H,14-20H2,1-5H3,(H,38,48)(H2,39,40,41,42,49)/t28-,37-/m1/s1. The van der Waals surface area contributed by atoms with E-state index in [2.05, 4.69) is 54.9 Å². The molecule has 0 radical (unpaired) electrons. The number of nitrogens with zero attached hydrogens (tertiary/aromatic N) is 6. The number of urea groups is 1. The van der Waals surface area contributed by atoms with Gasteiger partial charge in [0.1, 0.15) is 29.0 Å². The van der Waals surface area contributed by atoms with Crippen LogP contribution in [0.4, 0.5) is 10.6 Å². The summed E-state index contributed by atoms with van der Waals surface area (Å²) in [4.78, 5) is 50.7. The first kappa shape index (κ1) is 35.6. The van der Waals surface area contributed by atoms with Crippen LogP contribution in [-0.2, 0) is 26.9 Å². The van der Waals surface area contributed by atoms with Gasteiger partial charge in [-0.2, -0.15) is 0 Å². The van der Waals surface area contributed by atoms with E-state index in [4.69, 9.17) is 9.47 Å². The van der Waals surface area contributed by atoms with Crippen molar-refractivity contribution in [3.05, 3.63) is 89.3 Å². The summed E-state index contributed by atoms with van der Waals surface area (Å²) < 4.78 is 13.7.